The van der Waals surface area contributed by atoms with Crippen LogP contribution in [0, 0.1) is 6.42 Å². The monoisotopic (exact) mass is 146 g/mol. The molecule has 1 saturated heterocycles. The lowest BCUT2D eigenvalue weighted by molar-refractivity contribution is -0.205. The van der Waals surface area contributed by atoms with Crippen molar-refractivity contribution in [3.8, 4) is 0 Å². The van der Waals surface area contributed by atoms with Crippen LogP contribution in [0.1, 0.15) is 6.42 Å². The lowest BCUT2D eigenvalue weighted by Gasteiger charge is -2.28. The Morgan fingerprint density at radius 2 is 2.20 bits per heavy atom. The van der Waals surface area contributed by atoms with Gasteiger partial charge in [-0.3, -0.25) is 0 Å². The molecule has 3 atom stereocenters. The van der Waals surface area contributed by atoms with Crippen molar-refractivity contribution in [2.75, 3.05) is 6.61 Å². The highest BCUT2D eigenvalue weighted by Gasteiger charge is 2.27. The first kappa shape index (κ1) is 7.94. The number of hydrogen-bond acceptors (Lipinski definition) is 4. The highest BCUT2D eigenvalue weighted by Crippen LogP contribution is 2.16. The third-order valence-electron chi connectivity index (χ3n) is 1.35. The van der Waals surface area contributed by atoms with Crippen LogP contribution in [-0.2, 0) is 4.74 Å². The van der Waals surface area contributed by atoms with Crippen molar-refractivity contribution in [2.24, 2.45) is 0 Å². The van der Waals surface area contributed by atoms with Crippen LogP contribution >= 0.6 is 0 Å². The standard InChI is InChI=1S/C6H10O4/c7-3-4-1-2-5(8)6(9)10-4/h4-9H,2-3H2. The minimum absolute atomic E-state index is 0.205. The summed E-state index contributed by atoms with van der Waals surface area (Å²) in [7, 11) is 0. The summed E-state index contributed by atoms with van der Waals surface area (Å²) in [5.41, 5.74) is 0. The quantitative estimate of drug-likeness (QED) is 0.422. The molecule has 10 heavy (non-hydrogen) atoms. The summed E-state index contributed by atoms with van der Waals surface area (Å²) >= 11 is 0. The Morgan fingerprint density at radius 3 is 2.70 bits per heavy atom. The lowest BCUT2D eigenvalue weighted by Crippen LogP contribution is -2.40. The van der Waals surface area contributed by atoms with Gasteiger partial charge < -0.3 is 20.1 Å². The van der Waals surface area contributed by atoms with Crippen LogP contribution in [0.5, 0.6) is 0 Å². The summed E-state index contributed by atoms with van der Waals surface area (Å²) < 4.78 is 4.69. The van der Waals surface area contributed by atoms with Crippen molar-refractivity contribution in [2.45, 2.75) is 24.9 Å². The maximum absolute atomic E-state index is 8.87. The van der Waals surface area contributed by atoms with E-state index < -0.39 is 18.5 Å². The number of aliphatic hydroxyl groups excluding tert-OH is 3. The van der Waals surface area contributed by atoms with Crippen LogP contribution in [0.25, 0.3) is 0 Å². The molecule has 0 amide bonds. The number of rotatable bonds is 1. The van der Waals surface area contributed by atoms with Crippen molar-refractivity contribution in [1.29, 1.82) is 0 Å². The largest absolute Gasteiger partial charge is 0.394 e. The summed E-state index contributed by atoms with van der Waals surface area (Å²) in [5.74, 6) is 0. The molecule has 4 heteroatoms. The van der Waals surface area contributed by atoms with Crippen LogP contribution in [0.2, 0.25) is 0 Å². The molecule has 4 nitrogen and oxygen atoms in total. The first-order valence-electron chi connectivity index (χ1n) is 3.10. The average molecular weight is 146 g/mol. The molecule has 58 valence electrons. The summed E-state index contributed by atoms with van der Waals surface area (Å²) in [6.07, 6.45) is 0.270. The molecule has 1 fully saturated rings. The van der Waals surface area contributed by atoms with Crippen LogP contribution < -0.4 is 0 Å². The van der Waals surface area contributed by atoms with Crippen LogP contribution in [0.3, 0.4) is 0 Å². The summed E-state index contributed by atoms with van der Waals surface area (Å²) in [6, 6.07) is 0. The van der Waals surface area contributed by atoms with Gasteiger partial charge in [-0.2, -0.15) is 0 Å². The summed E-state index contributed by atoms with van der Waals surface area (Å²) in [6.45, 7) is -0.205. The molecular formula is C6H10O4. The maximum atomic E-state index is 8.87. The normalized spacial score (nSPS) is 41.7. The van der Waals surface area contributed by atoms with Crippen molar-refractivity contribution in [3.63, 3.8) is 0 Å². The van der Waals surface area contributed by atoms with E-state index in [1.165, 1.54) is 0 Å². The van der Waals surface area contributed by atoms with Gasteiger partial charge in [-0.1, -0.05) is 0 Å². The highest BCUT2D eigenvalue weighted by atomic mass is 16.6. The van der Waals surface area contributed by atoms with Gasteiger partial charge in [-0.25, -0.2) is 0 Å². The molecule has 0 spiro atoms. The molecule has 2 radical (unpaired) electrons. The first-order chi connectivity index (χ1) is 4.74. The summed E-state index contributed by atoms with van der Waals surface area (Å²) in [4.78, 5) is 0. The molecule has 0 bridgehead atoms. The fraction of sp³-hybridized carbons (Fsp3) is 0.833. The van der Waals surface area contributed by atoms with E-state index >= 15 is 0 Å². The Labute approximate surface area is 59.1 Å². The van der Waals surface area contributed by atoms with Gasteiger partial charge in [0, 0.05) is 6.42 Å². The number of aliphatic hydroxyl groups is 3. The molecule has 0 aromatic rings. The molecule has 0 aromatic carbocycles. The van der Waals surface area contributed by atoms with Crippen LogP contribution in [-0.4, -0.2) is 40.4 Å². The molecular weight excluding hydrogens is 136 g/mol. The molecule has 1 aliphatic heterocycles. The second-order valence-electron chi connectivity index (χ2n) is 2.17. The number of hydrogen-bond donors (Lipinski definition) is 3. The Hall–Kier alpha value is -0.160. The summed E-state index contributed by atoms with van der Waals surface area (Å²) in [5, 5.41) is 26.2. The topological polar surface area (TPSA) is 69.9 Å². The van der Waals surface area contributed by atoms with E-state index in [9.17, 15) is 0 Å². The zero-order chi connectivity index (χ0) is 7.56. The first-order valence-corrected chi connectivity index (χ1v) is 3.10. The van der Waals surface area contributed by atoms with Gasteiger partial charge in [0.2, 0.25) is 0 Å². The third kappa shape index (κ3) is 1.67. The Bertz CT molecular complexity index is 106. The van der Waals surface area contributed by atoms with E-state index in [0.717, 1.165) is 0 Å². The van der Waals surface area contributed by atoms with E-state index in [2.05, 4.69) is 6.42 Å². The molecule has 3 N–H and O–H groups in total. The zero-order valence-electron chi connectivity index (χ0n) is 5.40. The van der Waals surface area contributed by atoms with Gasteiger partial charge in [0.15, 0.2) is 6.29 Å². The molecule has 0 aliphatic carbocycles. The van der Waals surface area contributed by atoms with Crippen LogP contribution in [0.4, 0.5) is 0 Å². The van der Waals surface area contributed by atoms with Gasteiger partial charge in [0.1, 0.15) is 6.10 Å². The second-order valence-corrected chi connectivity index (χ2v) is 2.17. The molecule has 3 unspecified atom stereocenters. The fourth-order valence-corrected chi connectivity index (χ4v) is 0.768. The minimum atomic E-state index is -1.18. The highest BCUT2D eigenvalue weighted by molar-refractivity contribution is 4.85. The van der Waals surface area contributed by atoms with Crippen molar-refractivity contribution < 1.29 is 20.1 Å². The van der Waals surface area contributed by atoms with Crippen molar-refractivity contribution >= 4 is 0 Å². The molecule has 1 rings (SSSR count). The van der Waals surface area contributed by atoms with E-state index in [0.29, 0.717) is 0 Å². The zero-order valence-corrected chi connectivity index (χ0v) is 5.40. The predicted molar refractivity (Wildman–Crippen MR) is 31.8 cm³/mol. The van der Waals surface area contributed by atoms with Crippen LogP contribution in [0.15, 0.2) is 0 Å². The van der Waals surface area contributed by atoms with Gasteiger partial charge in [0.25, 0.3) is 0 Å². The SMILES string of the molecule is OCC1[C]CC(O)C(O)O1. The Morgan fingerprint density at radius 1 is 1.50 bits per heavy atom. The molecule has 1 heterocycles. The van der Waals surface area contributed by atoms with E-state index in [1.54, 1.807) is 0 Å². The molecule has 1 aliphatic rings. The van der Waals surface area contributed by atoms with Crippen molar-refractivity contribution in [3.05, 3.63) is 6.42 Å². The average Bonchev–Trinajstić information content (AvgIpc) is 1.95. The van der Waals surface area contributed by atoms with Gasteiger partial charge in [-0.15, -0.1) is 0 Å². The Kier molecular flexibility index (Phi) is 2.62. The van der Waals surface area contributed by atoms with Gasteiger partial charge in [-0.05, 0) is 6.42 Å². The van der Waals surface area contributed by atoms with Crippen molar-refractivity contribution in [1.82, 2.24) is 0 Å². The van der Waals surface area contributed by atoms with Gasteiger partial charge >= 0.3 is 0 Å². The smallest absolute Gasteiger partial charge is 0.181 e. The predicted octanol–water partition coefficient (Wildman–Crippen LogP) is -1.47. The van der Waals surface area contributed by atoms with E-state index in [-0.39, 0.29) is 13.0 Å². The van der Waals surface area contributed by atoms with E-state index in [1.807, 2.05) is 0 Å². The minimum Gasteiger partial charge on any atom is -0.394 e. The maximum Gasteiger partial charge on any atom is 0.181 e. The number of ether oxygens (including phenoxy) is 1. The van der Waals surface area contributed by atoms with E-state index in [4.69, 9.17) is 20.1 Å². The Balaban J connectivity index is 2.33. The fourth-order valence-electron chi connectivity index (χ4n) is 0.768. The molecule has 0 aromatic heterocycles. The molecule has 0 saturated carbocycles. The third-order valence-corrected chi connectivity index (χ3v) is 1.35. The van der Waals surface area contributed by atoms with Gasteiger partial charge in [0.05, 0.1) is 12.7 Å². The lowest BCUT2D eigenvalue weighted by atomic mass is 10.1. The second kappa shape index (κ2) is 3.30.